The second-order valence-corrected chi connectivity index (χ2v) is 8.63. The second-order valence-electron chi connectivity index (χ2n) is 6.74. The fourth-order valence-corrected chi connectivity index (χ4v) is 5.07. The van der Waals surface area contributed by atoms with Gasteiger partial charge in [0.2, 0.25) is 15.9 Å². The summed E-state index contributed by atoms with van der Waals surface area (Å²) in [6, 6.07) is 7.80. The lowest BCUT2D eigenvalue weighted by molar-refractivity contribution is -0.119. The number of nitrogens with one attached hydrogen (secondary N) is 1. The van der Waals surface area contributed by atoms with Crippen molar-refractivity contribution in [3.05, 3.63) is 47.8 Å². The van der Waals surface area contributed by atoms with Gasteiger partial charge in [0.05, 0.1) is 7.11 Å². The van der Waals surface area contributed by atoms with E-state index in [1.54, 1.807) is 13.1 Å². The SMILES string of the molecule is COC(=O)c1cc(S(=O)(=O)N2CCC[C@H]2C(=O)Nc2ccccc2C)cn1C. The zero-order valence-corrected chi connectivity index (χ0v) is 16.8. The number of nitrogens with zero attached hydrogens (tertiary/aromatic N) is 2. The van der Waals surface area contributed by atoms with Crippen LogP contribution in [0.2, 0.25) is 0 Å². The number of sulfonamides is 1. The molecule has 1 saturated heterocycles. The summed E-state index contributed by atoms with van der Waals surface area (Å²) in [5.41, 5.74) is 1.68. The van der Waals surface area contributed by atoms with Gasteiger partial charge in [0.1, 0.15) is 16.6 Å². The third kappa shape index (κ3) is 3.67. The number of aryl methyl sites for hydroxylation is 2. The van der Waals surface area contributed by atoms with E-state index in [4.69, 9.17) is 0 Å². The van der Waals surface area contributed by atoms with E-state index in [-0.39, 0.29) is 23.0 Å². The van der Waals surface area contributed by atoms with Crippen molar-refractivity contribution in [2.75, 3.05) is 19.0 Å². The van der Waals surface area contributed by atoms with Crippen molar-refractivity contribution >= 4 is 27.6 Å². The van der Waals surface area contributed by atoms with Crippen molar-refractivity contribution in [1.82, 2.24) is 8.87 Å². The first-order chi connectivity index (χ1) is 13.3. The maximum absolute atomic E-state index is 13.1. The summed E-state index contributed by atoms with van der Waals surface area (Å²) < 4.78 is 33.5. The van der Waals surface area contributed by atoms with E-state index >= 15 is 0 Å². The largest absolute Gasteiger partial charge is 0.464 e. The highest BCUT2D eigenvalue weighted by Crippen LogP contribution is 2.28. The number of aromatic nitrogens is 1. The van der Waals surface area contributed by atoms with Crippen LogP contribution in [0.3, 0.4) is 0 Å². The summed E-state index contributed by atoms with van der Waals surface area (Å²) in [6.45, 7) is 2.12. The zero-order valence-electron chi connectivity index (χ0n) is 16.0. The van der Waals surface area contributed by atoms with Crippen LogP contribution < -0.4 is 5.32 Å². The lowest BCUT2D eigenvalue weighted by atomic mass is 10.1. The Morgan fingerprint density at radius 3 is 2.64 bits per heavy atom. The second kappa shape index (κ2) is 7.76. The van der Waals surface area contributed by atoms with Crippen LogP contribution >= 0.6 is 0 Å². The minimum atomic E-state index is -3.93. The number of carbonyl (C=O) groups is 2. The quantitative estimate of drug-likeness (QED) is 0.767. The van der Waals surface area contributed by atoms with Crippen LogP contribution in [0.25, 0.3) is 0 Å². The molecule has 1 N–H and O–H groups in total. The van der Waals surface area contributed by atoms with Crippen LogP contribution in [-0.4, -0.2) is 48.9 Å². The van der Waals surface area contributed by atoms with Gasteiger partial charge < -0.3 is 14.6 Å². The molecular formula is C19H23N3O5S. The molecule has 0 saturated carbocycles. The number of methoxy groups -OCH3 is 1. The predicted molar refractivity (Wildman–Crippen MR) is 103 cm³/mol. The number of amides is 1. The van der Waals surface area contributed by atoms with Gasteiger partial charge in [-0.15, -0.1) is 0 Å². The molecule has 0 aliphatic carbocycles. The highest BCUT2D eigenvalue weighted by atomic mass is 32.2. The van der Waals surface area contributed by atoms with E-state index in [1.165, 1.54) is 28.2 Å². The normalized spacial score (nSPS) is 17.5. The van der Waals surface area contributed by atoms with Crippen molar-refractivity contribution in [3.63, 3.8) is 0 Å². The Bertz CT molecular complexity index is 1010. The highest BCUT2D eigenvalue weighted by molar-refractivity contribution is 7.89. The van der Waals surface area contributed by atoms with Gasteiger partial charge in [0.25, 0.3) is 0 Å². The number of para-hydroxylation sites is 1. The first-order valence-corrected chi connectivity index (χ1v) is 10.3. The maximum Gasteiger partial charge on any atom is 0.354 e. The molecule has 1 aromatic carbocycles. The van der Waals surface area contributed by atoms with Gasteiger partial charge in [0.15, 0.2) is 0 Å². The number of anilines is 1. The third-order valence-corrected chi connectivity index (χ3v) is 6.76. The standard InChI is InChI=1S/C19H23N3O5S/c1-13-7-4-5-8-15(13)20-18(23)16-9-6-10-22(16)28(25,26)14-11-17(19(24)27-3)21(2)12-14/h4-5,7-8,11-12,16H,6,9-10H2,1-3H3,(H,20,23)/t16-/m0/s1. The summed E-state index contributed by atoms with van der Waals surface area (Å²) in [5, 5.41) is 2.83. The number of esters is 1. The number of rotatable bonds is 5. The van der Waals surface area contributed by atoms with E-state index in [0.717, 1.165) is 5.56 Å². The number of carbonyl (C=O) groups excluding carboxylic acids is 2. The Hall–Kier alpha value is -2.65. The lowest BCUT2D eigenvalue weighted by Crippen LogP contribution is -2.43. The Morgan fingerprint density at radius 2 is 1.96 bits per heavy atom. The van der Waals surface area contributed by atoms with Crippen molar-refractivity contribution in [2.24, 2.45) is 7.05 Å². The van der Waals surface area contributed by atoms with Gasteiger partial charge in [-0.05, 0) is 37.5 Å². The van der Waals surface area contributed by atoms with Crippen LogP contribution in [0.1, 0.15) is 28.9 Å². The summed E-state index contributed by atoms with van der Waals surface area (Å²) in [7, 11) is -1.14. The molecule has 1 aliphatic rings. The first-order valence-electron chi connectivity index (χ1n) is 8.88. The van der Waals surface area contributed by atoms with E-state index in [2.05, 4.69) is 10.1 Å². The van der Waals surface area contributed by atoms with Crippen molar-refractivity contribution in [1.29, 1.82) is 0 Å². The van der Waals surface area contributed by atoms with Gasteiger partial charge in [-0.3, -0.25) is 4.79 Å². The number of benzene rings is 1. The molecule has 8 nitrogen and oxygen atoms in total. The Labute approximate surface area is 164 Å². The molecular weight excluding hydrogens is 382 g/mol. The highest BCUT2D eigenvalue weighted by Gasteiger charge is 2.40. The summed E-state index contributed by atoms with van der Waals surface area (Å²) in [5.74, 6) is -0.987. The van der Waals surface area contributed by atoms with E-state index < -0.39 is 22.0 Å². The Kier molecular flexibility index (Phi) is 5.57. The van der Waals surface area contributed by atoms with Crippen LogP contribution in [0.15, 0.2) is 41.4 Å². The lowest BCUT2D eigenvalue weighted by Gasteiger charge is -2.23. The molecule has 0 unspecified atom stereocenters. The third-order valence-electron chi connectivity index (χ3n) is 4.89. The van der Waals surface area contributed by atoms with E-state index in [1.807, 2.05) is 25.1 Å². The van der Waals surface area contributed by atoms with Gasteiger partial charge >= 0.3 is 5.97 Å². The molecule has 1 fully saturated rings. The molecule has 2 aromatic rings. The molecule has 28 heavy (non-hydrogen) atoms. The summed E-state index contributed by atoms with van der Waals surface area (Å²) >= 11 is 0. The molecule has 1 aromatic heterocycles. The van der Waals surface area contributed by atoms with Crippen LogP contribution in [0.5, 0.6) is 0 Å². The monoisotopic (exact) mass is 405 g/mol. The Morgan fingerprint density at radius 1 is 1.25 bits per heavy atom. The molecule has 1 atom stereocenters. The Balaban J connectivity index is 1.86. The average Bonchev–Trinajstić information content (AvgIpc) is 3.30. The van der Waals surface area contributed by atoms with Gasteiger partial charge in [0, 0.05) is 25.5 Å². The molecule has 150 valence electrons. The average molecular weight is 405 g/mol. The molecule has 2 heterocycles. The van der Waals surface area contributed by atoms with Crippen molar-refractivity contribution in [2.45, 2.75) is 30.7 Å². The molecule has 0 radical (unpaired) electrons. The first kappa shape index (κ1) is 20.1. The maximum atomic E-state index is 13.1. The smallest absolute Gasteiger partial charge is 0.354 e. The molecule has 3 rings (SSSR count). The molecule has 0 spiro atoms. The molecule has 0 bridgehead atoms. The number of hydrogen-bond donors (Lipinski definition) is 1. The zero-order chi connectivity index (χ0) is 20.5. The van der Waals surface area contributed by atoms with Gasteiger partial charge in [-0.25, -0.2) is 13.2 Å². The molecule has 1 amide bonds. The molecule has 9 heteroatoms. The van der Waals surface area contributed by atoms with Gasteiger partial charge in [-0.2, -0.15) is 4.31 Å². The van der Waals surface area contributed by atoms with Crippen LogP contribution in [0.4, 0.5) is 5.69 Å². The minimum Gasteiger partial charge on any atom is -0.464 e. The van der Waals surface area contributed by atoms with Crippen LogP contribution in [0, 0.1) is 6.92 Å². The van der Waals surface area contributed by atoms with E-state index in [0.29, 0.717) is 18.5 Å². The number of hydrogen-bond acceptors (Lipinski definition) is 5. The van der Waals surface area contributed by atoms with Gasteiger partial charge in [-0.1, -0.05) is 18.2 Å². The molecule has 1 aliphatic heterocycles. The number of ether oxygens (including phenoxy) is 1. The van der Waals surface area contributed by atoms with E-state index in [9.17, 15) is 18.0 Å². The minimum absolute atomic E-state index is 0.0361. The van der Waals surface area contributed by atoms with Crippen molar-refractivity contribution < 1.29 is 22.7 Å². The summed E-state index contributed by atoms with van der Waals surface area (Å²) in [4.78, 5) is 24.5. The topological polar surface area (TPSA) is 97.7 Å². The van der Waals surface area contributed by atoms with Crippen LogP contribution in [-0.2, 0) is 26.6 Å². The fourth-order valence-electron chi connectivity index (χ4n) is 3.34. The summed E-state index contributed by atoms with van der Waals surface area (Å²) in [6.07, 6.45) is 2.38. The predicted octanol–water partition coefficient (Wildman–Crippen LogP) is 1.91. The fraction of sp³-hybridized carbons (Fsp3) is 0.368. The van der Waals surface area contributed by atoms with Crippen molar-refractivity contribution in [3.8, 4) is 0 Å².